The molecule has 3 N–H and O–H groups in total. The molecule has 5 heterocycles. The normalized spacial score (nSPS) is 19.0. The van der Waals surface area contributed by atoms with Crippen LogP contribution in [0.15, 0.2) is 199 Å². The van der Waals surface area contributed by atoms with E-state index in [2.05, 4.69) is 174 Å². The standard InChI is InChI=1S/C55H40N7/c1-3-8-38(9-4-1)53-60-54(39-10-5-2-6-11-39)62-55(61-53)48-28-24-35-14-21-45(33-50(35)58-48)46-26-23-34-13-17-43(32-49(34)57-46)41-18-19-42-31-44(22-20-40(42)30-41)47-27-25-37-16-15-36-12-7-29-56-51(36)52(37)59-47/h1-28,30-33,49,53,55-57,61H,29H2/q-1. The van der Waals surface area contributed by atoms with Crippen molar-refractivity contribution in [2.24, 2.45) is 4.99 Å². The van der Waals surface area contributed by atoms with Crippen LogP contribution in [0.3, 0.4) is 0 Å². The van der Waals surface area contributed by atoms with Crippen molar-refractivity contribution in [1.29, 1.82) is 0 Å². The van der Waals surface area contributed by atoms with Crippen LogP contribution >= 0.6 is 0 Å². The van der Waals surface area contributed by atoms with Crippen LogP contribution in [0, 0.1) is 0 Å². The fraction of sp³-hybridized carbons (Fsp3) is 0.0727. The van der Waals surface area contributed by atoms with E-state index in [0.717, 1.165) is 73.4 Å². The number of pyridine rings is 2. The number of dihydropyridines is 1. The van der Waals surface area contributed by atoms with Crippen molar-refractivity contribution in [2.75, 3.05) is 11.9 Å². The van der Waals surface area contributed by atoms with Crippen molar-refractivity contribution in [3.8, 4) is 11.3 Å². The summed E-state index contributed by atoms with van der Waals surface area (Å²) in [5.41, 5.74) is 15.0. The molecule has 7 heteroatoms. The first-order valence-electron chi connectivity index (χ1n) is 21.2. The number of nitrogens with zero attached hydrogens (tertiary/aromatic N) is 4. The number of rotatable bonds is 6. The molecular formula is C55H40N7-. The highest BCUT2D eigenvalue weighted by Crippen LogP contribution is 2.36. The van der Waals surface area contributed by atoms with E-state index < -0.39 is 0 Å². The maximum atomic E-state index is 5.21. The molecule has 3 unspecified atom stereocenters. The van der Waals surface area contributed by atoms with Gasteiger partial charge in [0.15, 0.2) is 0 Å². The van der Waals surface area contributed by atoms with Crippen LogP contribution in [0.2, 0.25) is 0 Å². The summed E-state index contributed by atoms with van der Waals surface area (Å²) >= 11 is 0. The summed E-state index contributed by atoms with van der Waals surface area (Å²) in [5.74, 6) is 0.716. The summed E-state index contributed by atoms with van der Waals surface area (Å²) < 4.78 is 0. The molecule has 1 aliphatic carbocycles. The molecule has 3 atom stereocenters. The molecule has 0 fully saturated rings. The van der Waals surface area contributed by atoms with Crippen LogP contribution in [0.1, 0.15) is 45.8 Å². The van der Waals surface area contributed by atoms with Crippen molar-refractivity contribution in [2.45, 2.75) is 18.4 Å². The number of benzene rings is 6. The highest BCUT2D eigenvalue weighted by molar-refractivity contribution is 6.09. The molecule has 62 heavy (non-hydrogen) atoms. The van der Waals surface area contributed by atoms with Gasteiger partial charge in [0.05, 0.1) is 40.3 Å². The average molecular weight is 799 g/mol. The second kappa shape index (κ2) is 15.0. The lowest BCUT2D eigenvalue weighted by molar-refractivity contribution is 0.482. The van der Waals surface area contributed by atoms with E-state index in [0.29, 0.717) is 5.84 Å². The third kappa shape index (κ3) is 6.65. The van der Waals surface area contributed by atoms with Crippen molar-refractivity contribution >= 4 is 61.4 Å². The molecule has 8 aromatic rings. The smallest absolute Gasteiger partial charge is 0.0947 e. The van der Waals surface area contributed by atoms with Crippen LogP contribution in [0.25, 0.3) is 66.5 Å². The Morgan fingerprint density at radius 3 is 2.24 bits per heavy atom. The highest BCUT2D eigenvalue weighted by Gasteiger charge is 2.22. The summed E-state index contributed by atoms with van der Waals surface area (Å²) in [6, 6.07) is 53.2. The minimum atomic E-state index is -0.365. The second-order valence-electron chi connectivity index (χ2n) is 16.2. The van der Waals surface area contributed by atoms with E-state index in [-0.39, 0.29) is 18.4 Å². The number of aliphatic imine (C=N–C) groups is 1. The molecular weight excluding hydrogens is 759 g/mol. The Morgan fingerprint density at radius 2 is 1.35 bits per heavy atom. The van der Waals surface area contributed by atoms with Gasteiger partial charge in [-0.1, -0.05) is 164 Å². The number of allylic oxidation sites excluding steroid dienone is 4. The number of aromatic nitrogens is 2. The Morgan fingerprint density at radius 1 is 0.597 bits per heavy atom. The Labute approximate surface area is 359 Å². The third-order valence-corrected chi connectivity index (χ3v) is 12.2. The maximum absolute atomic E-state index is 5.21. The zero-order valence-electron chi connectivity index (χ0n) is 33.7. The van der Waals surface area contributed by atoms with Gasteiger partial charge in [-0.2, -0.15) is 0 Å². The first-order valence-corrected chi connectivity index (χ1v) is 21.2. The van der Waals surface area contributed by atoms with E-state index in [1.54, 1.807) is 0 Å². The van der Waals surface area contributed by atoms with Gasteiger partial charge < -0.3 is 26.3 Å². The lowest BCUT2D eigenvalue weighted by Gasteiger charge is -2.40. The number of hydrogen-bond donors (Lipinski definition) is 3. The molecule has 0 spiro atoms. The van der Waals surface area contributed by atoms with Gasteiger partial charge in [-0.05, 0) is 86.1 Å². The Kier molecular flexibility index (Phi) is 8.71. The molecule has 6 aromatic carbocycles. The zero-order valence-corrected chi connectivity index (χ0v) is 33.7. The molecule has 4 aliphatic rings. The van der Waals surface area contributed by atoms with Gasteiger partial charge in [-0.25, -0.2) is 4.98 Å². The topological polar surface area (TPSA) is 88.3 Å². The minimum Gasteiger partial charge on any atom is -0.445 e. The minimum absolute atomic E-state index is 0.0358. The van der Waals surface area contributed by atoms with Crippen LogP contribution in [-0.2, 0) is 0 Å². The van der Waals surface area contributed by atoms with Crippen LogP contribution in [0.4, 0.5) is 5.69 Å². The van der Waals surface area contributed by atoms with Crippen LogP contribution in [0.5, 0.6) is 0 Å². The van der Waals surface area contributed by atoms with Gasteiger partial charge in [-0.3, -0.25) is 4.98 Å². The molecule has 0 amide bonds. The second-order valence-corrected chi connectivity index (χ2v) is 16.2. The first kappa shape index (κ1) is 36.0. The molecule has 7 nitrogen and oxygen atoms in total. The lowest BCUT2D eigenvalue weighted by Crippen LogP contribution is -2.32. The van der Waals surface area contributed by atoms with Gasteiger partial charge in [0.25, 0.3) is 0 Å². The van der Waals surface area contributed by atoms with E-state index >= 15 is 0 Å². The molecule has 3 aliphatic heterocycles. The monoisotopic (exact) mass is 798 g/mol. The van der Waals surface area contributed by atoms with Crippen molar-refractivity contribution < 1.29 is 0 Å². The average Bonchev–Trinajstić information content (AvgIpc) is 3.35. The number of amidine groups is 1. The summed E-state index contributed by atoms with van der Waals surface area (Å²) in [6.45, 7) is 0.817. The Balaban J connectivity index is 0.792. The number of hydrogen-bond acceptors (Lipinski definition) is 6. The predicted octanol–water partition coefficient (Wildman–Crippen LogP) is 12.1. The van der Waals surface area contributed by atoms with Gasteiger partial charge in [0.2, 0.25) is 0 Å². The van der Waals surface area contributed by atoms with E-state index in [1.165, 1.54) is 33.0 Å². The Hall–Kier alpha value is -7.87. The largest absolute Gasteiger partial charge is 0.445 e. The van der Waals surface area contributed by atoms with Gasteiger partial charge in [0, 0.05) is 34.7 Å². The summed E-state index contributed by atoms with van der Waals surface area (Å²) in [7, 11) is 0. The van der Waals surface area contributed by atoms with E-state index in [4.69, 9.17) is 20.3 Å². The quantitative estimate of drug-likeness (QED) is 0.156. The molecule has 0 bridgehead atoms. The lowest BCUT2D eigenvalue weighted by atomic mass is 9.89. The summed E-state index contributed by atoms with van der Waals surface area (Å²) in [4.78, 5) is 15.4. The highest BCUT2D eigenvalue weighted by atomic mass is 15.3. The number of nitrogens with one attached hydrogen (secondary N) is 3. The molecule has 296 valence electrons. The van der Waals surface area contributed by atoms with Gasteiger partial charge in [0.1, 0.15) is 0 Å². The summed E-state index contributed by atoms with van der Waals surface area (Å²) in [5, 5.41) is 20.7. The number of fused-ring (bicyclic) bond motifs is 6. The number of anilines is 1. The molecule has 0 radical (unpaired) electrons. The Bertz CT molecular complexity index is 3290. The van der Waals surface area contributed by atoms with Crippen molar-refractivity contribution in [1.82, 2.24) is 20.6 Å². The molecule has 0 saturated carbocycles. The van der Waals surface area contributed by atoms with Crippen molar-refractivity contribution in [3.63, 3.8) is 0 Å². The maximum Gasteiger partial charge on any atom is 0.0947 e. The van der Waals surface area contributed by atoms with Crippen molar-refractivity contribution in [3.05, 3.63) is 233 Å². The fourth-order valence-electron chi connectivity index (χ4n) is 8.94. The van der Waals surface area contributed by atoms with Gasteiger partial charge >= 0.3 is 0 Å². The summed E-state index contributed by atoms with van der Waals surface area (Å²) in [6.07, 6.45) is 14.9. The first-order chi connectivity index (χ1) is 30.6. The van der Waals surface area contributed by atoms with Gasteiger partial charge in [-0.15, -0.1) is 0 Å². The zero-order chi connectivity index (χ0) is 41.0. The van der Waals surface area contributed by atoms with E-state index in [1.807, 2.05) is 36.4 Å². The molecule has 2 aromatic heterocycles. The SMILES string of the molecule is C1=Cc2ccc3ccc(-c4ccc5cc(C6=CC7NC(c8ccc9ccc(C%10[N-]C(c%11ccccc%11)=NC(c%11ccccc%11)N%10)nc9c8)=CC=C7C=C6)ccc5c4)nc3c2NC1. The molecule has 12 rings (SSSR count). The predicted molar refractivity (Wildman–Crippen MR) is 255 cm³/mol. The van der Waals surface area contributed by atoms with Crippen LogP contribution in [-0.4, -0.2) is 28.4 Å². The third-order valence-electron chi connectivity index (χ3n) is 12.2. The fourth-order valence-corrected chi connectivity index (χ4v) is 8.94. The van der Waals surface area contributed by atoms with Crippen LogP contribution < -0.4 is 16.0 Å². The van der Waals surface area contributed by atoms with E-state index in [9.17, 15) is 0 Å². The molecule has 0 saturated heterocycles.